The SMILES string of the molecule is COC(=O)[C@@H](N)C(C)OC(C)(C)C.COCCBr.COCCO.COCCOc1ccc(C(=O)N[C@H](C(=O)OC)[C@@H](C)OC(C)(C)C)c(N)c1.COCCOc1ccc(C(=O)N[C@H](C(=O)OC)[C@@H](C)OC(C)(C)C)c([N+](=O)[O-])c1.COCCOc1ccc(C(=O)O)c([N+](=O)[O-])c1.Cc1cc(CC2CC2)cc(C)c1N=C=O.O=C(O)c1ccc(F)cc1[N+](=O)[O-]. The van der Waals surface area contributed by atoms with Crippen LogP contribution in [-0.4, -0.2) is 253 Å². The zero-order chi connectivity index (χ0) is 95.4. The van der Waals surface area contributed by atoms with Crippen molar-refractivity contribution in [1.29, 1.82) is 0 Å². The summed E-state index contributed by atoms with van der Waals surface area (Å²) in [6.07, 6.45) is 3.85. The summed E-state index contributed by atoms with van der Waals surface area (Å²) in [7, 11) is 11.6. The fourth-order valence-electron chi connectivity index (χ4n) is 10.1. The highest BCUT2D eigenvalue weighted by molar-refractivity contribution is 9.09. The first-order valence-electron chi connectivity index (χ1n) is 38.2. The third-order valence-corrected chi connectivity index (χ3v) is 16.0. The fraction of sp³-hybridized carbons (Fsp3) is 0.542. The average molecular weight is 1830 g/mol. The van der Waals surface area contributed by atoms with Crippen molar-refractivity contribution in [3.63, 3.8) is 0 Å². The average Bonchev–Trinajstić information content (AvgIpc) is 0.966. The molecule has 1 saturated carbocycles. The number of aliphatic imine (C=N–C) groups is 1. The van der Waals surface area contributed by atoms with E-state index in [-0.39, 0.29) is 65.4 Å². The van der Waals surface area contributed by atoms with E-state index >= 15 is 0 Å². The number of nitrogens with zero attached hydrogens (tertiary/aromatic N) is 4. The molecule has 6 atom stereocenters. The molecule has 694 valence electrons. The number of carbonyl (C=O) groups excluding carboxylic acids is 6. The number of aliphatic hydroxyl groups is 1. The lowest BCUT2D eigenvalue weighted by molar-refractivity contribution is -0.385. The van der Waals surface area contributed by atoms with Crippen molar-refractivity contribution in [2.45, 2.75) is 169 Å². The lowest BCUT2D eigenvalue weighted by Gasteiger charge is -2.30. The number of aliphatic hydroxyl groups excluding tert-OH is 1. The van der Waals surface area contributed by atoms with Crippen molar-refractivity contribution >= 4 is 92.1 Å². The van der Waals surface area contributed by atoms with E-state index in [0.29, 0.717) is 44.9 Å². The molecule has 9 N–H and O–H groups in total. The van der Waals surface area contributed by atoms with Crippen molar-refractivity contribution in [3.05, 3.63) is 160 Å². The van der Waals surface area contributed by atoms with Crippen molar-refractivity contribution in [1.82, 2.24) is 10.6 Å². The molecule has 0 saturated heterocycles. The number of nitro benzene ring substituents is 3. The smallest absolute Gasteiger partial charge is 0.342 e. The molecule has 0 heterocycles. The van der Waals surface area contributed by atoms with Gasteiger partial charge in [-0.15, -0.1) is 0 Å². The molecule has 0 spiro atoms. The standard InChI is InChI=1S/C19H28N2O8.C19H30N2O6.C13H15NO.C10H11NO6.C9H19NO3.C7H4FNO4.C3H7BrO.C3H8O2/c1-12(29-19(2,3)4)16(18(23)27-6)20-17(22)14-8-7-13(28-10-9-26-5)11-15(14)21(24)25;1-12(27-19(2,3)4)16(18(23)25-6)21-17(22)14-8-7-13(11-15(14)20)26-10-9-24-5;1-9-5-12(7-11-3-4-11)6-10(2)13(9)14-8-15;1-16-4-5-17-7-2-3-8(10(12)13)9(6-7)11(14)15;1-6(13-9(2,3)4)7(10)8(11)12-5;8-4-1-2-5(7(10)11)6(3-4)9(12)13;2*1-5-3-2-4/h7-8,11-12,16H,9-10H2,1-6H3,(H,20,22);7-8,11-12,16H,9-10,20H2,1-6H3,(H,21,22);5-6,11H,3-4,7H2,1-2H3;2-3,6H,4-5H2,1H3,(H,12,13);6-7H,10H2,1-5H3;1-3H,(H,10,11);2-3H2,1H3;4H,2-3H2,1H3/t2*12-,16+;;;6?,7-;;;/m11..0.../s1. The first kappa shape index (κ1) is 115. The van der Waals surface area contributed by atoms with Crippen LogP contribution in [0.2, 0.25) is 0 Å². The van der Waals surface area contributed by atoms with Gasteiger partial charge in [0.15, 0.2) is 12.1 Å². The Morgan fingerprint density at radius 3 is 1.19 bits per heavy atom. The number of nitro groups is 3. The minimum Gasteiger partial charge on any atom is -0.491 e. The van der Waals surface area contributed by atoms with Gasteiger partial charge in [-0.05, 0) is 187 Å². The zero-order valence-electron chi connectivity index (χ0n) is 74.3. The largest absolute Gasteiger partial charge is 0.491 e. The van der Waals surface area contributed by atoms with Gasteiger partial charge in [0, 0.05) is 52.6 Å². The van der Waals surface area contributed by atoms with Crippen LogP contribution in [-0.2, 0) is 77.7 Å². The van der Waals surface area contributed by atoms with Crippen LogP contribution in [0.1, 0.15) is 154 Å². The Morgan fingerprint density at radius 2 is 0.871 bits per heavy atom. The van der Waals surface area contributed by atoms with Gasteiger partial charge < -0.3 is 104 Å². The number of rotatable bonds is 37. The second kappa shape index (κ2) is 60.7. The molecule has 0 aromatic heterocycles. The number of aryl methyl sites for hydroxylation is 2. The first-order valence-corrected chi connectivity index (χ1v) is 39.3. The van der Waals surface area contributed by atoms with E-state index < -0.39 is 126 Å². The van der Waals surface area contributed by atoms with Gasteiger partial charge in [-0.1, -0.05) is 28.1 Å². The summed E-state index contributed by atoms with van der Waals surface area (Å²) in [5.74, 6) is -4.84. The summed E-state index contributed by atoms with van der Waals surface area (Å²) in [5.41, 5.74) is 12.2. The van der Waals surface area contributed by atoms with Crippen LogP contribution in [0.25, 0.3) is 0 Å². The number of hydrogen-bond acceptors (Lipinski definition) is 32. The summed E-state index contributed by atoms with van der Waals surface area (Å²) in [4.78, 5) is 126. The third kappa shape index (κ3) is 48.3. The quantitative estimate of drug-likeness (QED) is 0.00223. The number of aromatic carboxylic acids is 2. The molecule has 5 aromatic rings. The number of carbonyl (C=O) groups is 7. The number of nitrogens with two attached hydrogens (primary N) is 2. The van der Waals surface area contributed by atoms with Crippen LogP contribution in [0.5, 0.6) is 17.2 Å². The molecular weight excluding hydrogens is 1700 g/mol. The van der Waals surface area contributed by atoms with Gasteiger partial charge in [0.2, 0.25) is 6.08 Å². The van der Waals surface area contributed by atoms with Gasteiger partial charge >= 0.3 is 29.8 Å². The maximum atomic E-state index is 12.7. The van der Waals surface area contributed by atoms with Crippen molar-refractivity contribution in [2.75, 3.05) is 127 Å². The molecule has 1 aliphatic carbocycles. The number of anilines is 1. The highest BCUT2D eigenvalue weighted by atomic mass is 79.9. The Labute approximate surface area is 729 Å². The first-order chi connectivity index (χ1) is 58.0. The Balaban J connectivity index is 0. The Morgan fingerprint density at radius 1 is 0.524 bits per heavy atom. The molecule has 0 aliphatic heterocycles. The van der Waals surface area contributed by atoms with E-state index in [0.717, 1.165) is 65.0 Å². The molecule has 39 nitrogen and oxygen atoms in total. The Hall–Kier alpha value is -10.8. The van der Waals surface area contributed by atoms with Gasteiger partial charge in [-0.25, -0.2) is 28.4 Å². The zero-order valence-corrected chi connectivity index (χ0v) is 75.9. The predicted octanol–water partition coefficient (Wildman–Crippen LogP) is 11.2. The predicted molar refractivity (Wildman–Crippen MR) is 458 cm³/mol. The van der Waals surface area contributed by atoms with E-state index in [9.17, 15) is 73.1 Å². The normalized spacial score (nSPS) is 12.6. The van der Waals surface area contributed by atoms with E-state index in [1.54, 1.807) is 81.1 Å². The van der Waals surface area contributed by atoms with E-state index in [2.05, 4.69) is 57.9 Å². The number of halogens is 2. The van der Waals surface area contributed by atoms with Crippen molar-refractivity contribution in [2.24, 2.45) is 16.6 Å². The lowest BCUT2D eigenvalue weighted by Crippen LogP contribution is -2.51. The minimum atomic E-state index is -1.45. The van der Waals surface area contributed by atoms with E-state index in [4.69, 9.17) is 78.9 Å². The maximum absolute atomic E-state index is 12.7. The van der Waals surface area contributed by atoms with Gasteiger partial charge in [0.05, 0.1) is 140 Å². The van der Waals surface area contributed by atoms with E-state index in [1.165, 1.54) is 84.6 Å². The van der Waals surface area contributed by atoms with Crippen molar-refractivity contribution in [3.8, 4) is 17.2 Å². The summed E-state index contributed by atoms with van der Waals surface area (Å²) in [6.45, 7) is 29.0. The molecule has 41 heteroatoms. The van der Waals surface area contributed by atoms with Crippen LogP contribution >= 0.6 is 15.9 Å². The number of amides is 2. The number of nitrogens with one attached hydrogen (secondary N) is 2. The van der Waals surface area contributed by atoms with Gasteiger partial charge in [-0.3, -0.25) is 44.7 Å². The Kier molecular flexibility index (Phi) is 56.4. The monoisotopic (exact) mass is 1820 g/mol. The van der Waals surface area contributed by atoms with Gasteiger partial charge in [-0.2, -0.15) is 4.99 Å². The summed E-state index contributed by atoms with van der Waals surface area (Å²) < 4.78 is 83.1. The van der Waals surface area contributed by atoms with Crippen LogP contribution in [0.4, 0.5) is 32.8 Å². The molecule has 1 unspecified atom stereocenters. The maximum Gasteiger partial charge on any atom is 0.342 e. The minimum absolute atomic E-state index is 0.122. The number of benzene rings is 5. The summed E-state index contributed by atoms with van der Waals surface area (Å²) >= 11 is 3.18. The highest BCUT2D eigenvalue weighted by Crippen LogP contribution is 2.35. The lowest BCUT2D eigenvalue weighted by atomic mass is 10.0. The van der Waals surface area contributed by atoms with Gasteiger partial charge in [0.25, 0.3) is 28.9 Å². The highest BCUT2D eigenvalue weighted by Gasteiger charge is 2.36. The molecule has 0 radical (unpaired) electrons. The number of hydrogen-bond donors (Lipinski definition) is 7. The number of isocyanates is 1. The third-order valence-electron chi connectivity index (χ3n) is 15.7. The number of alkyl halides is 1. The molecule has 0 bridgehead atoms. The van der Waals surface area contributed by atoms with Crippen molar-refractivity contribution < 1.29 is 139 Å². The molecule has 2 amide bonds. The van der Waals surface area contributed by atoms with Crippen LogP contribution in [0.15, 0.2) is 89.9 Å². The fourth-order valence-corrected chi connectivity index (χ4v) is 10.5. The summed E-state index contributed by atoms with van der Waals surface area (Å²) in [6, 6.07) is 15.9. The number of nitrogen functional groups attached to an aromatic ring is 1. The van der Waals surface area contributed by atoms with Crippen LogP contribution in [0, 0.1) is 55.9 Å². The molecular formula is C83H122BrFN8O31. The van der Waals surface area contributed by atoms with E-state index in [1.807, 2.05) is 55.4 Å². The number of carboxylic acid groups (broad SMARTS) is 2. The molecule has 5 aromatic carbocycles. The summed E-state index contributed by atoms with van der Waals surface area (Å²) in [5, 5.41) is 63.6. The Bertz CT molecular complexity index is 4170. The number of esters is 3. The second-order valence-corrected chi connectivity index (χ2v) is 30.1. The number of methoxy groups -OCH3 is 8. The molecule has 6 rings (SSSR count). The molecule has 124 heavy (non-hydrogen) atoms. The topological polar surface area (TPSA) is 544 Å². The second-order valence-electron chi connectivity index (χ2n) is 29.3. The molecule has 1 aliphatic rings. The van der Waals surface area contributed by atoms with Crippen LogP contribution in [0.3, 0.4) is 0 Å². The number of carboxylic acids is 2. The van der Waals surface area contributed by atoms with Crippen LogP contribution < -0.4 is 36.3 Å². The number of ether oxygens (including phenoxy) is 14. The molecule has 1 fully saturated rings. The van der Waals surface area contributed by atoms with Gasteiger partial charge in [0.1, 0.15) is 65.6 Å².